The van der Waals surface area contributed by atoms with Gasteiger partial charge in [0.05, 0.1) is 0 Å². The topological polar surface area (TPSA) is 55.4 Å². The van der Waals surface area contributed by atoms with Crippen molar-refractivity contribution in [2.75, 3.05) is 18.1 Å². The first kappa shape index (κ1) is 20.6. The fourth-order valence-electron chi connectivity index (χ4n) is 2.29. The predicted molar refractivity (Wildman–Crippen MR) is 101 cm³/mol. The number of rotatable bonds is 12. The minimum atomic E-state index is -0.497. The van der Waals surface area contributed by atoms with Crippen LogP contribution in [0.4, 0.5) is 0 Å². The van der Waals surface area contributed by atoms with Crippen LogP contribution in [-0.2, 0) is 14.3 Å². The summed E-state index contributed by atoms with van der Waals surface area (Å²) in [6.07, 6.45) is 8.80. The quantitative estimate of drug-likeness (QED) is 0.251. The van der Waals surface area contributed by atoms with E-state index in [1.54, 1.807) is 6.08 Å². The van der Waals surface area contributed by atoms with Gasteiger partial charge in [-0.05, 0) is 36.9 Å². The summed E-state index contributed by atoms with van der Waals surface area (Å²) in [6, 6.07) is 0. The molecule has 24 heavy (non-hydrogen) atoms. The number of unbranched alkanes of at least 4 members (excludes halogenated alkanes) is 2. The molecule has 0 aromatic rings. The maximum Gasteiger partial charge on any atom is 0.354 e. The Bertz CT molecular complexity index is 497. The van der Waals surface area contributed by atoms with Crippen molar-refractivity contribution < 1.29 is 14.3 Å². The summed E-state index contributed by atoms with van der Waals surface area (Å²) in [5.74, 6) is 1.41. The third kappa shape index (κ3) is 7.39. The second-order valence-electron chi connectivity index (χ2n) is 6.60. The van der Waals surface area contributed by atoms with Gasteiger partial charge < -0.3 is 10.1 Å². The molecule has 0 aromatic carbocycles. The van der Waals surface area contributed by atoms with Crippen LogP contribution in [0.1, 0.15) is 39.5 Å². The summed E-state index contributed by atoms with van der Waals surface area (Å²) in [5, 5.41) is 2.75. The smallest absolute Gasteiger partial charge is 0.354 e. The molecule has 1 aliphatic carbocycles. The van der Waals surface area contributed by atoms with E-state index in [2.05, 4.69) is 32.3 Å². The average Bonchev–Trinajstić information content (AvgIpc) is 3.19. The Morgan fingerprint density at radius 3 is 2.58 bits per heavy atom. The van der Waals surface area contributed by atoms with Crippen LogP contribution in [0.3, 0.4) is 0 Å². The van der Waals surface area contributed by atoms with Crippen LogP contribution in [0.5, 0.6) is 0 Å². The number of allylic oxidation sites excluding steroid dienone is 1. The second-order valence-corrected chi connectivity index (χ2v) is 7.75. The summed E-state index contributed by atoms with van der Waals surface area (Å²) < 4.78 is 5.06. The van der Waals surface area contributed by atoms with Crippen molar-refractivity contribution in [1.29, 1.82) is 0 Å². The van der Waals surface area contributed by atoms with Crippen LogP contribution in [-0.4, -0.2) is 30.0 Å². The van der Waals surface area contributed by atoms with E-state index in [-0.39, 0.29) is 29.5 Å². The lowest BCUT2D eigenvalue weighted by molar-refractivity contribution is -0.139. The lowest BCUT2D eigenvalue weighted by Crippen LogP contribution is -2.31. The van der Waals surface area contributed by atoms with E-state index < -0.39 is 5.97 Å². The maximum atomic E-state index is 12.2. The number of carbonyl (C=O) groups is 2. The molecule has 0 bridgehead atoms. The zero-order chi connectivity index (χ0) is 18.0. The highest BCUT2D eigenvalue weighted by Gasteiger charge is 2.50. The van der Waals surface area contributed by atoms with Crippen LogP contribution in [0.2, 0.25) is 0 Å². The lowest BCUT2D eigenvalue weighted by atomic mass is 10.1. The monoisotopic (exact) mass is 351 g/mol. The second kappa shape index (κ2) is 10.4. The number of esters is 1. The lowest BCUT2D eigenvalue weighted by Gasteiger charge is -2.10. The van der Waals surface area contributed by atoms with Gasteiger partial charge in [0.2, 0.25) is 5.91 Å². The van der Waals surface area contributed by atoms with E-state index in [1.165, 1.54) is 6.08 Å². The van der Waals surface area contributed by atoms with Crippen molar-refractivity contribution in [2.24, 2.45) is 11.3 Å². The molecule has 0 spiro atoms. The molecule has 4 nitrogen and oxygen atoms in total. The average molecular weight is 352 g/mol. The number of carbonyl (C=O) groups excluding carboxylic acids is 2. The molecule has 0 aliphatic heterocycles. The molecule has 134 valence electrons. The predicted octanol–water partition coefficient (Wildman–Crippen LogP) is 3.85. The van der Waals surface area contributed by atoms with Crippen LogP contribution in [0, 0.1) is 11.3 Å². The van der Waals surface area contributed by atoms with Gasteiger partial charge in [-0.1, -0.05) is 38.7 Å². The third-order valence-electron chi connectivity index (χ3n) is 3.97. The molecule has 1 amide bonds. The molecule has 1 rings (SSSR count). The van der Waals surface area contributed by atoms with E-state index in [1.807, 2.05) is 17.8 Å². The molecule has 1 fully saturated rings. The Morgan fingerprint density at radius 2 is 2.00 bits per heavy atom. The molecule has 1 aliphatic rings. The van der Waals surface area contributed by atoms with Crippen LogP contribution in [0.25, 0.3) is 0 Å². The number of thioether (sulfide) groups is 1. The molecule has 1 atom stereocenters. The van der Waals surface area contributed by atoms with E-state index in [4.69, 9.17) is 4.74 Å². The van der Waals surface area contributed by atoms with Gasteiger partial charge in [0.15, 0.2) is 0 Å². The molecule has 0 radical (unpaired) electrons. The highest BCUT2D eigenvalue weighted by Crippen LogP contribution is 2.51. The first-order valence-electron chi connectivity index (χ1n) is 8.40. The molecular weight excluding hydrogens is 322 g/mol. The van der Waals surface area contributed by atoms with Gasteiger partial charge in [-0.15, -0.1) is 6.58 Å². The Hall–Kier alpha value is -1.49. The van der Waals surface area contributed by atoms with E-state index in [9.17, 15) is 9.59 Å². The van der Waals surface area contributed by atoms with Crippen molar-refractivity contribution in [1.82, 2.24) is 5.32 Å². The summed E-state index contributed by atoms with van der Waals surface area (Å²) >= 11 is 1.84. The normalized spacial score (nSPS) is 18.6. The molecular formula is C19H29NO3S. The minimum absolute atomic E-state index is 0.0246. The Morgan fingerprint density at radius 1 is 1.29 bits per heavy atom. The molecule has 5 heteroatoms. The zero-order valence-electron chi connectivity index (χ0n) is 14.8. The molecule has 0 unspecified atom stereocenters. The number of amides is 1. The summed E-state index contributed by atoms with van der Waals surface area (Å²) in [7, 11) is 0. The van der Waals surface area contributed by atoms with Crippen LogP contribution >= 0.6 is 11.8 Å². The first-order chi connectivity index (χ1) is 11.4. The molecule has 0 saturated heterocycles. The molecule has 0 aromatic heterocycles. The summed E-state index contributed by atoms with van der Waals surface area (Å²) in [6.45, 7) is 11.5. The van der Waals surface area contributed by atoms with E-state index in [0.717, 1.165) is 37.2 Å². The zero-order valence-corrected chi connectivity index (χ0v) is 15.6. The van der Waals surface area contributed by atoms with Gasteiger partial charge in [0.1, 0.15) is 12.3 Å². The SMILES string of the molecule is C=CCOC(=O)/C(=C/CCCCSCC=C)NC(=O)[C@@H]1CC1(C)C. The highest BCUT2D eigenvalue weighted by molar-refractivity contribution is 7.99. The van der Waals surface area contributed by atoms with Gasteiger partial charge >= 0.3 is 5.97 Å². The van der Waals surface area contributed by atoms with Crippen LogP contribution < -0.4 is 5.32 Å². The van der Waals surface area contributed by atoms with Gasteiger partial charge in [0, 0.05) is 11.7 Å². The van der Waals surface area contributed by atoms with E-state index >= 15 is 0 Å². The number of nitrogens with one attached hydrogen (secondary N) is 1. The van der Waals surface area contributed by atoms with Crippen molar-refractivity contribution >= 4 is 23.6 Å². The van der Waals surface area contributed by atoms with Gasteiger partial charge in [0.25, 0.3) is 0 Å². The largest absolute Gasteiger partial charge is 0.457 e. The van der Waals surface area contributed by atoms with Crippen molar-refractivity contribution in [3.63, 3.8) is 0 Å². The minimum Gasteiger partial charge on any atom is -0.457 e. The number of ether oxygens (including phenoxy) is 1. The van der Waals surface area contributed by atoms with Crippen molar-refractivity contribution in [3.05, 3.63) is 37.1 Å². The Balaban J connectivity index is 2.49. The van der Waals surface area contributed by atoms with E-state index in [0.29, 0.717) is 0 Å². The Kier molecular flexibility index (Phi) is 8.90. The van der Waals surface area contributed by atoms with Gasteiger partial charge in [-0.25, -0.2) is 4.79 Å². The third-order valence-corrected chi connectivity index (χ3v) is 5.02. The highest BCUT2D eigenvalue weighted by atomic mass is 32.2. The number of hydrogen-bond donors (Lipinski definition) is 1. The molecule has 0 heterocycles. The van der Waals surface area contributed by atoms with Gasteiger partial charge in [-0.2, -0.15) is 11.8 Å². The van der Waals surface area contributed by atoms with Crippen molar-refractivity contribution in [3.8, 4) is 0 Å². The van der Waals surface area contributed by atoms with Crippen molar-refractivity contribution in [2.45, 2.75) is 39.5 Å². The summed E-state index contributed by atoms with van der Waals surface area (Å²) in [4.78, 5) is 24.3. The first-order valence-corrected chi connectivity index (χ1v) is 9.55. The number of hydrogen-bond acceptors (Lipinski definition) is 4. The maximum absolute atomic E-state index is 12.2. The van der Waals surface area contributed by atoms with Crippen LogP contribution in [0.15, 0.2) is 37.1 Å². The fourth-order valence-corrected chi connectivity index (χ4v) is 3.04. The Labute approximate surface area is 149 Å². The fraction of sp³-hybridized carbons (Fsp3) is 0.579. The standard InChI is InChI=1S/C19H29NO3S/c1-5-11-23-18(22)16(10-8-7-9-13-24-12-6-2)20-17(21)15-14-19(15,3)4/h5-6,10,15H,1-2,7-9,11-14H2,3-4H3,(H,20,21)/b16-10-/t15-/m0/s1. The molecule has 1 saturated carbocycles. The molecule has 1 N–H and O–H groups in total. The summed E-state index contributed by atoms with van der Waals surface area (Å²) in [5.41, 5.74) is 0.283. The van der Waals surface area contributed by atoms with Gasteiger partial charge in [-0.3, -0.25) is 4.79 Å².